The molecule has 0 unspecified atom stereocenters. The minimum absolute atomic E-state index is 0.0812. The first-order valence-electron chi connectivity index (χ1n) is 11.2. The quantitative estimate of drug-likeness (QED) is 0.403. The average Bonchev–Trinajstić information content (AvgIpc) is 3.13. The van der Waals surface area contributed by atoms with Crippen LogP contribution in [0.4, 0.5) is 0 Å². The summed E-state index contributed by atoms with van der Waals surface area (Å²) < 4.78 is 2.11. The fourth-order valence-corrected chi connectivity index (χ4v) is 4.81. The minimum atomic E-state index is 0.0812. The molecule has 0 bridgehead atoms. The van der Waals surface area contributed by atoms with Crippen LogP contribution >= 0.6 is 0 Å². The summed E-state index contributed by atoms with van der Waals surface area (Å²) in [5, 5.41) is 0.972. The van der Waals surface area contributed by atoms with Gasteiger partial charge in [-0.1, -0.05) is 42.5 Å². The van der Waals surface area contributed by atoms with Crippen molar-refractivity contribution in [3.8, 4) is 5.95 Å². The zero-order valence-electron chi connectivity index (χ0n) is 18.2. The fraction of sp³-hybridized carbons (Fsp3) is 0.296. The average molecular weight is 410 g/mol. The van der Waals surface area contributed by atoms with Crippen molar-refractivity contribution in [3.63, 3.8) is 0 Å². The molecule has 4 heteroatoms. The van der Waals surface area contributed by atoms with Gasteiger partial charge in [-0.25, -0.2) is 9.97 Å². The topological polar surface area (TPSA) is 47.8 Å². The SMILES string of the molecule is CC(=O)c1cccc2c1cc(C)n2-c1nc2c(c(CCc3ccccc3)n1)CCCC2. The maximum atomic E-state index is 12.1. The number of benzene rings is 2. The first kappa shape index (κ1) is 19.7. The Kier molecular flexibility index (Phi) is 5.14. The number of carbonyl (C=O) groups excluding carboxylic acids is 1. The maximum absolute atomic E-state index is 12.1. The van der Waals surface area contributed by atoms with Crippen LogP contribution in [-0.2, 0) is 25.7 Å². The summed E-state index contributed by atoms with van der Waals surface area (Å²) in [6.07, 6.45) is 6.37. The van der Waals surface area contributed by atoms with Crippen LogP contribution in [0.5, 0.6) is 0 Å². The van der Waals surface area contributed by atoms with Gasteiger partial charge in [-0.3, -0.25) is 9.36 Å². The summed E-state index contributed by atoms with van der Waals surface area (Å²) in [7, 11) is 0. The monoisotopic (exact) mass is 409 g/mol. The van der Waals surface area contributed by atoms with Crippen molar-refractivity contribution in [3.05, 3.63) is 88.4 Å². The number of Topliss-reactive ketones (excluding diaryl/α,β-unsaturated/α-hetero) is 1. The van der Waals surface area contributed by atoms with Gasteiger partial charge in [-0.2, -0.15) is 0 Å². The molecule has 0 N–H and O–H groups in total. The predicted molar refractivity (Wildman–Crippen MR) is 124 cm³/mol. The zero-order valence-corrected chi connectivity index (χ0v) is 18.2. The molecule has 0 saturated carbocycles. The molecule has 0 amide bonds. The molecule has 1 aliphatic carbocycles. The first-order chi connectivity index (χ1) is 15.1. The van der Waals surface area contributed by atoms with Crippen molar-refractivity contribution in [1.82, 2.24) is 14.5 Å². The van der Waals surface area contributed by atoms with Gasteiger partial charge in [-0.15, -0.1) is 0 Å². The molecule has 156 valence electrons. The standard InChI is InChI=1S/C27H27N3O/c1-18-17-23-21(19(2)31)12-8-14-26(23)30(18)27-28-24-13-7-6-11-22(24)25(29-27)16-15-20-9-4-3-5-10-20/h3-5,8-10,12,14,17H,6-7,11,13,15-16H2,1-2H3. The molecule has 0 spiro atoms. The summed E-state index contributed by atoms with van der Waals surface area (Å²) in [6.45, 7) is 3.69. The van der Waals surface area contributed by atoms with Crippen molar-refractivity contribution in [1.29, 1.82) is 0 Å². The Morgan fingerprint density at radius 2 is 1.77 bits per heavy atom. The summed E-state index contributed by atoms with van der Waals surface area (Å²) in [5.74, 6) is 0.814. The van der Waals surface area contributed by atoms with Crippen molar-refractivity contribution in [2.24, 2.45) is 0 Å². The van der Waals surface area contributed by atoms with E-state index in [9.17, 15) is 4.79 Å². The third-order valence-corrected chi connectivity index (χ3v) is 6.36. The van der Waals surface area contributed by atoms with Gasteiger partial charge in [-0.05, 0) is 75.6 Å². The van der Waals surface area contributed by atoms with Crippen LogP contribution in [0.15, 0.2) is 54.6 Å². The molecule has 5 rings (SSSR count). The molecule has 31 heavy (non-hydrogen) atoms. The molecular formula is C27H27N3O. The van der Waals surface area contributed by atoms with E-state index in [-0.39, 0.29) is 5.78 Å². The Hall–Kier alpha value is -3.27. The molecular weight excluding hydrogens is 382 g/mol. The van der Waals surface area contributed by atoms with E-state index in [0.717, 1.165) is 53.8 Å². The maximum Gasteiger partial charge on any atom is 0.234 e. The summed E-state index contributed by atoms with van der Waals surface area (Å²) in [4.78, 5) is 22.3. The van der Waals surface area contributed by atoms with Crippen LogP contribution in [0.2, 0.25) is 0 Å². The van der Waals surface area contributed by atoms with E-state index in [0.29, 0.717) is 0 Å². The smallest absolute Gasteiger partial charge is 0.234 e. The predicted octanol–water partition coefficient (Wildman–Crippen LogP) is 5.60. The number of carbonyl (C=O) groups is 1. The zero-order chi connectivity index (χ0) is 21.4. The number of nitrogens with zero attached hydrogens (tertiary/aromatic N) is 3. The number of hydrogen-bond acceptors (Lipinski definition) is 3. The second-order valence-corrected chi connectivity index (χ2v) is 8.50. The second kappa shape index (κ2) is 8.10. The van der Waals surface area contributed by atoms with Crippen LogP contribution in [0.25, 0.3) is 16.9 Å². The second-order valence-electron chi connectivity index (χ2n) is 8.50. The highest BCUT2D eigenvalue weighted by molar-refractivity contribution is 6.07. The van der Waals surface area contributed by atoms with Gasteiger partial charge in [0, 0.05) is 28.0 Å². The Labute approximate surface area is 183 Å². The third-order valence-electron chi connectivity index (χ3n) is 6.36. The van der Waals surface area contributed by atoms with Gasteiger partial charge >= 0.3 is 0 Å². The van der Waals surface area contributed by atoms with Crippen molar-refractivity contribution in [2.45, 2.75) is 52.4 Å². The Bertz CT molecular complexity index is 1270. The first-order valence-corrected chi connectivity index (χ1v) is 11.2. The lowest BCUT2D eigenvalue weighted by Crippen LogP contribution is -2.16. The summed E-state index contributed by atoms with van der Waals surface area (Å²) in [5.41, 5.74) is 7.85. The summed E-state index contributed by atoms with van der Waals surface area (Å²) >= 11 is 0. The number of ketones is 1. The van der Waals surface area contributed by atoms with Crippen LogP contribution in [0.3, 0.4) is 0 Å². The molecule has 0 atom stereocenters. The molecule has 4 nitrogen and oxygen atoms in total. The van der Waals surface area contributed by atoms with Crippen LogP contribution in [0.1, 0.15) is 58.3 Å². The van der Waals surface area contributed by atoms with Crippen LogP contribution < -0.4 is 0 Å². The number of aryl methyl sites for hydroxylation is 4. The van der Waals surface area contributed by atoms with E-state index >= 15 is 0 Å². The van der Waals surface area contributed by atoms with E-state index in [2.05, 4.69) is 54.0 Å². The lowest BCUT2D eigenvalue weighted by Gasteiger charge is -2.20. The molecule has 0 fully saturated rings. The van der Waals surface area contributed by atoms with Gasteiger partial charge in [0.25, 0.3) is 0 Å². The van der Waals surface area contributed by atoms with Crippen LogP contribution in [-0.4, -0.2) is 20.3 Å². The van der Waals surface area contributed by atoms with Gasteiger partial charge < -0.3 is 0 Å². The van der Waals surface area contributed by atoms with Crippen LogP contribution in [0, 0.1) is 6.92 Å². The number of rotatable bonds is 5. The molecule has 4 aromatic rings. The fourth-order valence-electron chi connectivity index (χ4n) is 4.81. The van der Waals surface area contributed by atoms with Gasteiger partial charge in [0.15, 0.2) is 5.78 Å². The number of fused-ring (bicyclic) bond motifs is 2. The molecule has 0 saturated heterocycles. The molecule has 2 aromatic heterocycles. The largest absolute Gasteiger partial charge is 0.294 e. The lowest BCUT2D eigenvalue weighted by molar-refractivity contribution is 0.101. The van der Waals surface area contributed by atoms with E-state index in [4.69, 9.17) is 9.97 Å². The van der Waals surface area contributed by atoms with Gasteiger partial charge in [0.05, 0.1) is 5.52 Å². The van der Waals surface area contributed by atoms with E-state index in [1.165, 1.54) is 35.4 Å². The molecule has 1 aliphatic rings. The van der Waals surface area contributed by atoms with E-state index < -0.39 is 0 Å². The van der Waals surface area contributed by atoms with Crippen molar-refractivity contribution in [2.75, 3.05) is 0 Å². The normalized spacial score (nSPS) is 13.4. The summed E-state index contributed by atoms with van der Waals surface area (Å²) in [6, 6.07) is 18.6. The molecule has 2 heterocycles. The molecule has 0 aliphatic heterocycles. The Balaban J connectivity index is 1.62. The van der Waals surface area contributed by atoms with E-state index in [1.807, 2.05) is 12.1 Å². The number of aromatic nitrogens is 3. The number of hydrogen-bond donors (Lipinski definition) is 0. The van der Waals surface area contributed by atoms with Crippen molar-refractivity contribution < 1.29 is 4.79 Å². The molecule has 2 aromatic carbocycles. The highest BCUT2D eigenvalue weighted by Gasteiger charge is 2.21. The Morgan fingerprint density at radius 3 is 2.58 bits per heavy atom. The van der Waals surface area contributed by atoms with E-state index in [1.54, 1.807) is 6.92 Å². The van der Waals surface area contributed by atoms with Crippen molar-refractivity contribution >= 4 is 16.7 Å². The lowest BCUT2D eigenvalue weighted by atomic mass is 9.92. The third kappa shape index (κ3) is 3.67. The molecule has 0 radical (unpaired) electrons. The highest BCUT2D eigenvalue weighted by Crippen LogP contribution is 2.29. The minimum Gasteiger partial charge on any atom is -0.294 e. The van der Waals surface area contributed by atoms with Gasteiger partial charge in [0.2, 0.25) is 5.95 Å². The highest BCUT2D eigenvalue weighted by atomic mass is 16.1. The van der Waals surface area contributed by atoms with Gasteiger partial charge in [0.1, 0.15) is 0 Å². The Morgan fingerprint density at radius 1 is 0.968 bits per heavy atom.